The summed E-state index contributed by atoms with van der Waals surface area (Å²) in [5.41, 5.74) is 2.58. The summed E-state index contributed by atoms with van der Waals surface area (Å²) in [5.74, 6) is 1.38. The minimum atomic E-state index is -0.469. The molecule has 2 aromatic carbocycles. The lowest BCUT2D eigenvalue weighted by molar-refractivity contribution is 0.00718. The fourth-order valence-electron chi connectivity index (χ4n) is 3.56. The van der Waals surface area contributed by atoms with E-state index < -0.39 is 6.10 Å². The van der Waals surface area contributed by atoms with E-state index in [-0.39, 0.29) is 0 Å². The lowest BCUT2D eigenvalue weighted by Crippen LogP contribution is -2.49. The summed E-state index contributed by atoms with van der Waals surface area (Å²) in [6.45, 7) is 10.2. The fraction of sp³-hybridized carbons (Fsp3) is 0.500. The van der Waals surface area contributed by atoms with E-state index in [9.17, 15) is 5.11 Å². The van der Waals surface area contributed by atoms with Crippen LogP contribution in [-0.4, -0.2) is 68.7 Å². The molecular weight excluding hydrogens is 364 g/mol. The van der Waals surface area contributed by atoms with Crippen molar-refractivity contribution in [3.8, 4) is 5.75 Å². The third kappa shape index (κ3) is 7.03. The number of benzene rings is 2. The average molecular weight is 399 g/mol. The molecule has 0 bridgehead atoms. The van der Waals surface area contributed by atoms with E-state index in [4.69, 9.17) is 9.47 Å². The van der Waals surface area contributed by atoms with Gasteiger partial charge in [-0.25, -0.2) is 0 Å². The summed E-state index contributed by atoms with van der Waals surface area (Å²) >= 11 is 0. The number of para-hydroxylation sites is 1. The van der Waals surface area contributed by atoms with Crippen LogP contribution in [0, 0.1) is 0 Å². The number of piperazine rings is 1. The average Bonchev–Trinajstić information content (AvgIpc) is 2.75. The van der Waals surface area contributed by atoms with E-state index in [0.717, 1.165) is 31.9 Å². The number of hydrogen-bond acceptors (Lipinski definition) is 5. The maximum atomic E-state index is 10.3. The van der Waals surface area contributed by atoms with Crippen molar-refractivity contribution in [2.75, 3.05) is 57.4 Å². The van der Waals surface area contributed by atoms with E-state index in [1.165, 1.54) is 11.3 Å². The highest BCUT2D eigenvalue weighted by molar-refractivity contribution is 5.46. The molecule has 5 heteroatoms. The molecule has 1 aliphatic heterocycles. The second-order valence-electron chi connectivity index (χ2n) is 7.92. The second kappa shape index (κ2) is 11.2. The van der Waals surface area contributed by atoms with E-state index in [0.29, 0.717) is 32.3 Å². The molecule has 1 saturated heterocycles. The van der Waals surface area contributed by atoms with Crippen molar-refractivity contribution in [3.63, 3.8) is 0 Å². The Morgan fingerprint density at radius 2 is 1.59 bits per heavy atom. The van der Waals surface area contributed by atoms with Gasteiger partial charge in [-0.15, -0.1) is 0 Å². The molecule has 1 atom stereocenters. The first-order chi connectivity index (χ1) is 14.1. The molecule has 29 heavy (non-hydrogen) atoms. The SMILES string of the molecule is CC(C)c1ccc(OCCOC[C@@H](O)CN2CCN(c3ccccc3)CC2)cc1. The van der Waals surface area contributed by atoms with Gasteiger partial charge in [0.05, 0.1) is 19.3 Å². The van der Waals surface area contributed by atoms with Crippen LogP contribution in [-0.2, 0) is 4.74 Å². The molecule has 1 heterocycles. The quantitative estimate of drug-likeness (QED) is 0.622. The number of hydrogen-bond donors (Lipinski definition) is 1. The highest BCUT2D eigenvalue weighted by Crippen LogP contribution is 2.18. The van der Waals surface area contributed by atoms with Crippen LogP contribution in [0.1, 0.15) is 25.3 Å². The fourth-order valence-corrected chi connectivity index (χ4v) is 3.56. The molecular formula is C24H34N2O3. The van der Waals surface area contributed by atoms with Gasteiger partial charge in [-0.3, -0.25) is 4.90 Å². The minimum Gasteiger partial charge on any atom is -0.491 e. The zero-order chi connectivity index (χ0) is 20.5. The number of anilines is 1. The largest absolute Gasteiger partial charge is 0.491 e. The number of nitrogens with zero attached hydrogens (tertiary/aromatic N) is 2. The Balaban J connectivity index is 1.26. The predicted octanol–water partition coefficient (Wildman–Crippen LogP) is 3.39. The Morgan fingerprint density at radius 3 is 2.24 bits per heavy atom. The maximum absolute atomic E-state index is 10.3. The summed E-state index contributed by atoms with van der Waals surface area (Å²) < 4.78 is 11.3. The third-order valence-electron chi connectivity index (χ3n) is 5.32. The van der Waals surface area contributed by atoms with Crippen molar-refractivity contribution < 1.29 is 14.6 Å². The molecule has 0 amide bonds. The van der Waals surface area contributed by atoms with Crippen LogP contribution in [0.15, 0.2) is 54.6 Å². The molecule has 1 aliphatic rings. The molecule has 0 aromatic heterocycles. The Labute approximate surface area is 174 Å². The maximum Gasteiger partial charge on any atom is 0.119 e. The van der Waals surface area contributed by atoms with E-state index in [2.05, 4.69) is 60.0 Å². The van der Waals surface area contributed by atoms with Crippen molar-refractivity contribution in [1.82, 2.24) is 4.90 Å². The Hall–Kier alpha value is -2.08. The van der Waals surface area contributed by atoms with Gasteiger partial charge < -0.3 is 19.5 Å². The van der Waals surface area contributed by atoms with Gasteiger partial charge in [0.25, 0.3) is 0 Å². The minimum absolute atomic E-state index is 0.342. The topological polar surface area (TPSA) is 45.2 Å². The normalized spacial score (nSPS) is 16.2. The van der Waals surface area contributed by atoms with Gasteiger partial charge in [0.1, 0.15) is 12.4 Å². The number of rotatable bonds is 10. The highest BCUT2D eigenvalue weighted by atomic mass is 16.5. The lowest BCUT2D eigenvalue weighted by Gasteiger charge is -2.36. The van der Waals surface area contributed by atoms with Crippen molar-refractivity contribution >= 4 is 5.69 Å². The zero-order valence-corrected chi connectivity index (χ0v) is 17.7. The number of β-amino-alcohol motifs (C(OH)–C–C–N with tert-alkyl or cyclic N) is 1. The van der Waals surface area contributed by atoms with Crippen molar-refractivity contribution in [2.45, 2.75) is 25.9 Å². The van der Waals surface area contributed by atoms with Gasteiger partial charge >= 0.3 is 0 Å². The molecule has 0 radical (unpaired) electrons. The van der Waals surface area contributed by atoms with Gasteiger partial charge in [-0.2, -0.15) is 0 Å². The summed E-state index contributed by atoms with van der Waals surface area (Å²) in [5, 5.41) is 10.3. The van der Waals surface area contributed by atoms with Crippen LogP contribution in [0.3, 0.4) is 0 Å². The lowest BCUT2D eigenvalue weighted by atomic mass is 10.0. The van der Waals surface area contributed by atoms with Crippen LogP contribution in [0.4, 0.5) is 5.69 Å². The summed E-state index contributed by atoms with van der Waals surface area (Å²) in [6, 6.07) is 18.7. The first-order valence-corrected chi connectivity index (χ1v) is 10.6. The summed E-state index contributed by atoms with van der Waals surface area (Å²) in [4.78, 5) is 4.70. The van der Waals surface area contributed by atoms with Crippen molar-refractivity contribution in [2.24, 2.45) is 0 Å². The van der Waals surface area contributed by atoms with Gasteiger partial charge in [-0.1, -0.05) is 44.2 Å². The molecule has 0 aliphatic carbocycles. The Bertz CT molecular complexity index is 698. The van der Waals surface area contributed by atoms with Crippen LogP contribution >= 0.6 is 0 Å². The van der Waals surface area contributed by atoms with E-state index in [1.54, 1.807) is 0 Å². The Morgan fingerprint density at radius 1 is 0.897 bits per heavy atom. The highest BCUT2D eigenvalue weighted by Gasteiger charge is 2.19. The van der Waals surface area contributed by atoms with Crippen LogP contribution in [0.2, 0.25) is 0 Å². The smallest absolute Gasteiger partial charge is 0.119 e. The first kappa shape index (κ1) is 21.6. The molecule has 1 fully saturated rings. The van der Waals surface area contributed by atoms with Crippen LogP contribution < -0.4 is 9.64 Å². The van der Waals surface area contributed by atoms with E-state index >= 15 is 0 Å². The molecule has 0 spiro atoms. The Kier molecular flexibility index (Phi) is 8.35. The molecule has 1 N–H and O–H groups in total. The van der Waals surface area contributed by atoms with Gasteiger partial charge in [-0.05, 0) is 35.7 Å². The van der Waals surface area contributed by atoms with Gasteiger partial charge in [0.2, 0.25) is 0 Å². The number of aliphatic hydroxyl groups is 1. The first-order valence-electron chi connectivity index (χ1n) is 10.6. The molecule has 0 saturated carbocycles. The zero-order valence-electron chi connectivity index (χ0n) is 17.7. The standard InChI is InChI=1S/C24H34N2O3/c1-20(2)21-8-10-24(11-9-21)29-17-16-28-19-23(27)18-25-12-14-26(15-13-25)22-6-4-3-5-7-22/h3-11,20,23,27H,12-19H2,1-2H3/t23-/m0/s1. The summed E-state index contributed by atoms with van der Waals surface area (Å²) in [6.07, 6.45) is -0.469. The molecule has 3 rings (SSSR count). The van der Waals surface area contributed by atoms with Crippen LogP contribution in [0.25, 0.3) is 0 Å². The van der Waals surface area contributed by atoms with Gasteiger partial charge in [0.15, 0.2) is 0 Å². The second-order valence-corrected chi connectivity index (χ2v) is 7.92. The monoisotopic (exact) mass is 398 g/mol. The van der Waals surface area contributed by atoms with Gasteiger partial charge in [0, 0.05) is 38.4 Å². The molecule has 158 valence electrons. The molecule has 2 aromatic rings. The number of ether oxygens (including phenoxy) is 2. The summed E-state index contributed by atoms with van der Waals surface area (Å²) in [7, 11) is 0. The third-order valence-corrected chi connectivity index (χ3v) is 5.32. The molecule has 5 nitrogen and oxygen atoms in total. The molecule has 0 unspecified atom stereocenters. The van der Waals surface area contributed by atoms with Crippen molar-refractivity contribution in [1.29, 1.82) is 0 Å². The predicted molar refractivity (Wildman–Crippen MR) is 118 cm³/mol. The van der Waals surface area contributed by atoms with Crippen molar-refractivity contribution in [3.05, 3.63) is 60.2 Å². The van der Waals surface area contributed by atoms with E-state index in [1.807, 2.05) is 18.2 Å². The van der Waals surface area contributed by atoms with Crippen LogP contribution in [0.5, 0.6) is 5.75 Å². The number of aliphatic hydroxyl groups excluding tert-OH is 1.